The number of hydrogen-bond donors (Lipinski definition) is 3. The number of hydroxylamine groups is 2. The Balaban J connectivity index is 1.72. The quantitative estimate of drug-likeness (QED) is 0.262. The number of aliphatic hydroxyl groups excluding tert-OH is 1. The maximum Gasteiger partial charge on any atom is 0.233 e. The van der Waals surface area contributed by atoms with Crippen LogP contribution in [0.2, 0.25) is 0 Å². The molecule has 2 heterocycles. The SMILES string of the molecule is Cc1nc(CNC(=O)[C@H](CC2CCCC2)CN(O)C=O)c(F)c(N2CCN(C)C[C@@H]2CO)n1. The van der Waals surface area contributed by atoms with Gasteiger partial charge in [-0.15, -0.1) is 0 Å². The molecule has 1 aliphatic heterocycles. The lowest BCUT2D eigenvalue weighted by Gasteiger charge is -2.40. The summed E-state index contributed by atoms with van der Waals surface area (Å²) in [6, 6.07) is -0.287. The molecule has 1 aliphatic carbocycles. The second-order valence-corrected chi connectivity index (χ2v) is 9.18. The lowest BCUT2D eigenvalue weighted by atomic mass is 9.92. The number of rotatable bonds is 10. The van der Waals surface area contributed by atoms with Crippen LogP contribution in [0.3, 0.4) is 0 Å². The van der Waals surface area contributed by atoms with Crippen molar-refractivity contribution in [3.63, 3.8) is 0 Å². The molecule has 1 saturated carbocycles. The summed E-state index contributed by atoms with van der Waals surface area (Å²) in [5.74, 6) is -0.691. The van der Waals surface area contributed by atoms with E-state index in [1.165, 1.54) is 0 Å². The van der Waals surface area contributed by atoms with E-state index >= 15 is 4.39 Å². The lowest BCUT2D eigenvalue weighted by Crippen LogP contribution is -2.54. The molecular formula is C22H35FN6O4. The van der Waals surface area contributed by atoms with Gasteiger partial charge in [-0.05, 0) is 26.3 Å². The molecule has 10 nitrogen and oxygen atoms in total. The van der Waals surface area contributed by atoms with Crippen LogP contribution in [0.15, 0.2) is 0 Å². The first-order valence-corrected chi connectivity index (χ1v) is 11.6. The van der Waals surface area contributed by atoms with Crippen molar-refractivity contribution in [3.05, 3.63) is 17.3 Å². The average molecular weight is 467 g/mol. The first-order chi connectivity index (χ1) is 15.8. The molecule has 0 aromatic carbocycles. The van der Waals surface area contributed by atoms with Gasteiger partial charge in [-0.3, -0.25) is 14.8 Å². The van der Waals surface area contributed by atoms with E-state index in [2.05, 4.69) is 20.2 Å². The Morgan fingerprint density at radius 3 is 2.73 bits per heavy atom. The highest BCUT2D eigenvalue weighted by Gasteiger charge is 2.30. The normalized spacial score (nSPS) is 20.6. The van der Waals surface area contributed by atoms with Crippen molar-refractivity contribution in [1.82, 2.24) is 25.2 Å². The summed E-state index contributed by atoms with van der Waals surface area (Å²) in [6.07, 6.45) is 5.12. The Morgan fingerprint density at radius 2 is 2.06 bits per heavy atom. The number of likely N-dealkylation sites (N-methyl/N-ethyl adjacent to an activating group) is 1. The fourth-order valence-corrected chi connectivity index (χ4v) is 4.85. The van der Waals surface area contributed by atoms with Gasteiger partial charge in [0.05, 0.1) is 31.7 Å². The van der Waals surface area contributed by atoms with Crippen LogP contribution in [0.1, 0.15) is 43.6 Å². The monoisotopic (exact) mass is 466 g/mol. The number of halogens is 1. The summed E-state index contributed by atoms with van der Waals surface area (Å²) in [5.41, 5.74) is 0.0670. The summed E-state index contributed by atoms with van der Waals surface area (Å²) in [4.78, 5) is 36.1. The number of amides is 2. The first-order valence-electron chi connectivity index (χ1n) is 11.6. The molecule has 1 aromatic rings. The lowest BCUT2D eigenvalue weighted by molar-refractivity contribution is -0.155. The predicted octanol–water partition coefficient (Wildman–Crippen LogP) is 0.697. The van der Waals surface area contributed by atoms with E-state index < -0.39 is 11.7 Å². The predicted molar refractivity (Wildman–Crippen MR) is 119 cm³/mol. The van der Waals surface area contributed by atoms with Gasteiger partial charge in [0.25, 0.3) is 0 Å². The van der Waals surface area contributed by atoms with Gasteiger partial charge in [-0.1, -0.05) is 25.7 Å². The molecule has 0 radical (unpaired) electrons. The average Bonchev–Trinajstić information content (AvgIpc) is 3.31. The van der Waals surface area contributed by atoms with E-state index in [0.29, 0.717) is 42.9 Å². The Hall–Kier alpha value is -2.37. The number of carbonyl (C=O) groups is 2. The molecule has 1 saturated heterocycles. The number of piperazine rings is 1. The summed E-state index contributed by atoms with van der Waals surface area (Å²) < 4.78 is 15.4. The maximum atomic E-state index is 15.4. The number of aryl methyl sites for hydroxylation is 1. The van der Waals surface area contributed by atoms with Crippen LogP contribution >= 0.6 is 0 Å². The van der Waals surface area contributed by atoms with Gasteiger partial charge in [0.2, 0.25) is 12.3 Å². The van der Waals surface area contributed by atoms with Crippen LogP contribution in [0.4, 0.5) is 10.2 Å². The second-order valence-electron chi connectivity index (χ2n) is 9.18. The Bertz CT molecular complexity index is 822. The molecule has 33 heavy (non-hydrogen) atoms. The fourth-order valence-electron chi connectivity index (χ4n) is 4.85. The highest BCUT2D eigenvalue weighted by Crippen LogP contribution is 2.31. The summed E-state index contributed by atoms with van der Waals surface area (Å²) >= 11 is 0. The zero-order valence-corrected chi connectivity index (χ0v) is 19.4. The molecule has 2 aliphatic rings. The third-order valence-corrected chi connectivity index (χ3v) is 6.61. The molecule has 3 rings (SSSR count). The van der Waals surface area contributed by atoms with Gasteiger partial charge >= 0.3 is 0 Å². The number of nitrogens with zero attached hydrogens (tertiary/aromatic N) is 5. The van der Waals surface area contributed by atoms with E-state index in [0.717, 1.165) is 25.7 Å². The third kappa shape index (κ3) is 6.58. The molecule has 0 spiro atoms. The molecule has 0 unspecified atom stereocenters. The van der Waals surface area contributed by atoms with E-state index in [1.54, 1.807) is 11.8 Å². The van der Waals surface area contributed by atoms with Crippen molar-refractivity contribution in [2.45, 2.75) is 51.6 Å². The zero-order valence-electron chi connectivity index (χ0n) is 19.4. The van der Waals surface area contributed by atoms with Crippen molar-refractivity contribution in [2.24, 2.45) is 11.8 Å². The Kier molecular flexibility index (Phi) is 8.93. The van der Waals surface area contributed by atoms with Crippen molar-refractivity contribution in [2.75, 3.05) is 44.7 Å². The first kappa shape index (κ1) is 25.3. The van der Waals surface area contributed by atoms with E-state index in [-0.39, 0.29) is 49.6 Å². The van der Waals surface area contributed by atoms with E-state index in [1.807, 2.05) is 7.05 Å². The highest BCUT2D eigenvalue weighted by atomic mass is 19.1. The summed E-state index contributed by atoms with van der Waals surface area (Å²) in [7, 11) is 1.95. The minimum atomic E-state index is -0.618. The van der Waals surface area contributed by atoms with Crippen LogP contribution in [0.5, 0.6) is 0 Å². The fraction of sp³-hybridized carbons (Fsp3) is 0.727. The molecule has 2 atom stereocenters. The van der Waals surface area contributed by atoms with Crippen molar-refractivity contribution in [1.29, 1.82) is 0 Å². The third-order valence-electron chi connectivity index (χ3n) is 6.61. The molecule has 0 bridgehead atoms. The molecule has 2 amide bonds. The van der Waals surface area contributed by atoms with Gasteiger partial charge in [-0.25, -0.2) is 19.4 Å². The minimum absolute atomic E-state index is 0.0670. The number of nitrogens with one attached hydrogen (secondary N) is 1. The Morgan fingerprint density at radius 1 is 1.33 bits per heavy atom. The van der Waals surface area contributed by atoms with E-state index in [9.17, 15) is 19.9 Å². The van der Waals surface area contributed by atoms with Gasteiger partial charge in [0.1, 0.15) is 11.5 Å². The smallest absolute Gasteiger partial charge is 0.233 e. The van der Waals surface area contributed by atoms with Crippen molar-refractivity contribution in [3.8, 4) is 0 Å². The number of aromatic nitrogens is 2. The molecule has 1 aromatic heterocycles. The van der Waals surface area contributed by atoms with Gasteiger partial charge in [-0.2, -0.15) is 0 Å². The highest BCUT2D eigenvalue weighted by molar-refractivity contribution is 5.79. The standard InChI is InChI=1S/C22H35FN6O4/c1-15-25-19(20(23)21(26-15)29-8-7-27(2)12-18(29)13-30)10-24-22(32)17(11-28(33)14-31)9-16-5-3-4-6-16/h14,16-18,30,33H,3-13H2,1-2H3,(H,24,32)/t17-,18-/m1/s1. The van der Waals surface area contributed by atoms with Gasteiger partial charge in [0, 0.05) is 19.6 Å². The van der Waals surface area contributed by atoms with Crippen molar-refractivity contribution >= 4 is 18.1 Å². The largest absolute Gasteiger partial charge is 0.394 e. The van der Waals surface area contributed by atoms with Crippen LogP contribution in [0.25, 0.3) is 0 Å². The molecule has 11 heteroatoms. The number of carbonyl (C=O) groups excluding carboxylic acids is 2. The minimum Gasteiger partial charge on any atom is -0.394 e. The second kappa shape index (κ2) is 11.7. The molecular weight excluding hydrogens is 431 g/mol. The number of hydrogen-bond acceptors (Lipinski definition) is 8. The molecule has 184 valence electrons. The van der Waals surface area contributed by atoms with E-state index in [4.69, 9.17) is 0 Å². The summed E-state index contributed by atoms with van der Waals surface area (Å²) in [5, 5.41) is 22.6. The van der Waals surface area contributed by atoms with Gasteiger partial charge in [0.15, 0.2) is 11.6 Å². The van der Waals surface area contributed by atoms with Crippen LogP contribution in [-0.4, -0.2) is 88.4 Å². The maximum absolute atomic E-state index is 15.4. The zero-order chi connectivity index (χ0) is 24.0. The molecule has 3 N–H and O–H groups in total. The van der Waals surface area contributed by atoms with Crippen molar-refractivity contribution < 1.29 is 24.3 Å². The Labute approximate surface area is 193 Å². The van der Waals surface area contributed by atoms with Crippen LogP contribution in [-0.2, 0) is 16.1 Å². The summed E-state index contributed by atoms with van der Waals surface area (Å²) in [6.45, 7) is 3.10. The van der Waals surface area contributed by atoms with Gasteiger partial charge < -0.3 is 20.2 Å². The molecule has 2 fully saturated rings. The number of aliphatic hydroxyl groups is 1. The van der Waals surface area contributed by atoms with Crippen LogP contribution < -0.4 is 10.2 Å². The number of anilines is 1. The topological polar surface area (TPSA) is 122 Å². The van der Waals surface area contributed by atoms with Crippen LogP contribution in [0, 0.1) is 24.6 Å².